The molecular formula is C16H24BN3O3. The number of rotatable bonds is 4. The Bertz CT molecular complexity index is 613. The average Bonchev–Trinajstić information content (AvgIpc) is 2.65. The maximum Gasteiger partial charge on any atom is 0.492 e. The number of pyridine rings is 1. The average molecular weight is 317 g/mol. The number of aromatic nitrogens is 1. The maximum absolute atomic E-state index is 11.3. The van der Waals surface area contributed by atoms with Gasteiger partial charge >= 0.3 is 7.12 Å². The van der Waals surface area contributed by atoms with Gasteiger partial charge in [-0.25, -0.2) is 0 Å². The molecule has 0 unspecified atom stereocenters. The SMILES string of the molecule is CC(=O)NCC(=Cc1ncccc1N)B1OC(C)(C)C(C)(C)O1. The molecule has 0 aromatic carbocycles. The summed E-state index contributed by atoms with van der Waals surface area (Å²) in [6.45, 7) is 9.71. The molecule has 0 aliphatic carbocycles. The van der Waals surface area contributed by atoms with E-state index in [2.05, 4.69) is 10.3 Å². The van der Waals surface area contributed by atoms with Crippen molar-refractivity contribution in [3.63, 3.8) is 0 Å². The minimum absolute atomic E-state index is 0.124. The van der Waals surface area contributed by atoms with Crippen molar-refractivity contribution in [2.75, 3.05) is 12.3 Å². The van der Waals surface area contributed by atoms with E-state index in [9.17, 15) is 4.79 Å². The van der Waals surface area contributed by atoms with Crippen molar-refractivity contribution in [2.45, 2.75) is 45.8 Å². The third-order valence-electron chi connectivity index (χ3n) is 4.29. The van der Waals surface area contributed by atoms with Crippen LogP contribution in [0.25, 0.3) is 6.08 Å². The van der Waals surface area contributed by atoms with Crippen LogP contribution in [0.4, 0.5) is 5.69 Å². The van der Waals surface area contributed by atoms with E-state index in [-0.39, 0.29) is 5.91 Å². The molecule has 3 N–H and O–H groups in total. The first-order chi connectivity index (χ1) is 10.6. The first-order valence-corrected chi connectivity index (χ1v) is 7.63. The van der Waals surface area contributed by atoms with Crippen LogP contribution in [0.3, 0.4) is 0 Å². The van der Waals surface area contributed by atoms with Crippen LogP contribution in [0.1, 0.15) is 40.3 Å². The van der Waals surface area contributed by atoms with E-state index in [1.54, 1.807) is 18.3 Å². The van der Waals surface area contributed by atoms with E-state index in [1.165, 1.54) is 6.92 Å². The van der Waals surface area contributed by atoms with Crippen LogP contribution in [-0.4, -0.2) is 35.8 Å². The van der Waals surface area contributed by atoms with E-state index in [0.717, 1.165) is 5.47 Å². The molecule has 0 radical (unpaired) electrons. The predicted octanol–water partition coefficient (Wildman–Crippen LogP) is 1.81. The summed E-state index contributed by atoms with van der Waals surface area (Å²) in [5.74, 6) is -0.124. The van der Waals surface area contributed by atoms with Gasteiger partial charge in [0.1, 0.15) is 0 Å². The molecule has 1 fully saturated rings. The number of carbonyl (C=O) groups is 1. The zero-order valence-corrected chi connectivity index (χ0v) is 14.3. The van der Waals surface area contributed by atoms with E-state index >= 15 is 0 Å². The summed E-state index contributed by atoms with van der Waals surface area (Å²) >= 11 is 0. The normalized spacial score (nSPS) is 19.7. The number of nitrogens with one attached hydrogen (secondary N) is 1. The highest BCUT2D eigenvalue weighted by Crippen LogP contribution is 2.38. The minimum Gasteiger partial charge on any atom is -0.400 e. The number of anilines is 1. The highest BCUT2D eigenvalue weighted by Gasteiger charge is 2.52. The molecule has 1 saturated heterocycles. The van der Waals surface area contributed by atoms with Crippen LogP contribution in [-0.2, 0) is 14.1 Å². The van der Waals surface area contributed by atoms with Crippen LogP contribution < -0.4 is 11.1 Å². The lowest BCUT2D eigenvalue weighted by molar-refractivity contribution is -0.118. The van der Waals surface area contributed by atoms with Crippen molar-refractivity contribution in [1.29, 1.82) is 0 Å². The second-order valence-electron chi connectivity index (χ2n) is 6.70. The number of nitrogens with zero attached hydrogens (tertiary/aromatic N) is 1. The van der Waals surface area contributed by atoms with Gasteiger partial charge < -0.3 is 20.4 Å². The summed E-state index contributed by atoms with van der Waals surface area (Å²) in [4.78, 5) is 15.5. The predicted molar refractivity (Wildman–Crippen MR) is 91.4 cm³/mol. The van der Waals surface area contributed by atoms with Gasteiger partial charge in [-0.05, 0) is 51.4 Å². The molecule has 0 spiro atoms. The highest BCUT2D eigenvalue weighted by molar-refractivity contribution is 6.56. The molecule has 0 atom stereocenters. The number of hydrogen-bond acceptors (Lipinski definition) is 5. The zero-order chi connectivity index (χ0) is 17.3. The topological polar surface area (TPSA) is 86.5 Å². The molecule has 2 heterocycles. The van der Waals surface area contributed by atoms with Gasteiger partial charge in [-0.15, -0.1) is 0 Å². The first kappa shape index (κ1) is 17.5. The summed E-state index contributed by atoms with van der Waals surface area (Å²) in [5, 5.41) is 2.78. The first-order valence-electron chi connectivity index (χ1n) is 7.63. The molecular weight excluding hydrogens is 293 g/mol. The van der Waals surface area contributed by atoms with Crippen LogP contribution in [0, 0.1) is 0 Å². The number of carbonyl (C=O) groups excluding carboxylic acids is 1. The molecule has 6 nitrogen and oxygen atoms in total. The van der Waals surface area contributed by atoms with Gasteiger partial charge in [-0.3, -0.25) is 9.78 Å². The number of hydrogen-bond donors (Lipinski definition) is 2. The van der Waals surface area contributed by atoms with Crippen molar-refractivity contribution in [1.82, 2.24) is 10.3 Å². The Kier molecular flexibility index (Phi) is 4.82. The Morgan fingerprint density at radius 1 is 1.35 bits per heavy atom. The summed E-state index contributed by atoms with van der Waals surface area (Å²) in [6, 6.07) is 3.55. The highest BCUT2D eigenvalue weighted by atomic mass is 16.7. The molecule has 124 valence electrons. The monoisotopic (exact) mass is 317 g/mol. The Balaban J connectivity index is 2.32. The molecule has 7 heteroatoms. The van der Waals surface area contributed by atoms with E-state index in [1.807, 2.05) is 33.8 Å². The lowest BCUT2D eigenvalue weighted by atomic mass is 9.77. The lowest BCUT2D eigenvalue weighted by Gasteiger charge is -2.32. The fraction of sp³-hybridized carbons (Fsp3) is 0.500. The van der Waals surface area contributed by atoms with Gasteiger partial charge in [-0.2, -0.15) is 0 Å². The molecule has 1 aliphatic heterocycles. The minimum atomic E-state index is -0.562. The molecule has 0 bridgehead atoms. The van der Waals surface area contributed by atoms with Gasteiger partial charge in [0.2, 0.25) is 5.91 Å². The molecule has 2 rings (SSSR count). The molecule has 23 heavy (non-hydrogen) atoms. The smallest absolute Gasteiger partial charge is 0.400 e. The van der Waals surface area contributed by atoms with E-state index < -0.39 is 18.3 Å². The van der Waals surface area contributed by atoms with Gasteiger partial charge in [0.05, 0.1) is 22.6 Å². The van der Waals surface area contributed by atoms with Crippen molar-refractivity contribution in [2.24, 2.45) is 0 Å². The van der Waals surface area contributed by atoms with Gasteiger partial charge in [-0.1, -0.05) is 0 Å². The summed E-state index contributed by atoms with van der Waals surface area (Å²) < 4.78 is 12.1. The van der Waals surface area contributed by atoms with Crippen molar-refractivity contribution in [3.05, 3.63) is 29.5 Å². The third-order valence-corrected chi connectivity index (χ3v) is 4.29. The van der Waals surface area contributed by atoms with Gasteiger partial charge in [0.25, 0.3) is 0 Å². The summed E-state index contributed by atoms with van der Waals surface area (Å²) in [6.07, 6.45) is 3.48. The molecule has 0 saturated carbocycles. The Labute approximate surface area is 137 Å². The van der Waals surface area contributed by atoms with Crippen LogP contribution in [0.2, 0.25) is 0 Å². The standard InChI is InChI=1S/C16H24BN3O3/c1-11(21)20-10-12(9-14-13(18)7-6-8-19-14)17-22-15(2,3)16(4,5)23-17/h6-9H,10,18H2,1-5H3,(H,20,21). The lowest BCUT2D eigenvalue weighted by Crippen LogP contribution is -2.41. The van der Waals surface area contributed by atoms with Crippen molar-refractivity contribution >= 4 is 24.8 Å². The fourth-order valence-electron chi connectivity index (χ4n) is 2.15. The fourth-order valence-corrected chi connectivity index (χ4v) is 2.15. The zero-order valence-electron chi connectivity index (χ0n) is 14.3. The molecule has 1 amide bonds. The Hall–Kier alpha value is -1.86. The van der Waals surface area contributed by atoms with E-state index in [0.29, 0.717) is 17.9 Å². The maximum atomic E-state index is 11.3. The van der Waals surface area contributed by atoms with E-state index in [4.69, 9.17) is 15.0 Å². The number of nitrogen functional groups attached to an aromatic ring is 1. The van der Waals surface area contributed by atoms with Crippen LogP contribution in [0.15, 0.2) is 23.8 Å². The van der Waals surface area contributed by atoms with Crippen molar-refractivity contribution < 1.29 is 14.1 Å². The third kappa shape index (κ3) is 3.92. The van der Waals surface area contributed by atoms with Gasteiger partial charge in [0.15, 0.2) is 0 Å². The summed E-state index contributed by atoms with van der Waals surface area (Å²) in [7, 11) is -0.562. The second-order valence-corrected chi connectivity index (χ2v) is 6.70. The Morgan fingerprint density at radius 2 is 1.96 bits per heavy atom. The van der Waals surface area contributed by atoms with Crippen molar-refractivity contribution in [3.8, 4) is 0 Å². The molecule has 1 aromatic heterocycles. The molecule has 1 aromatic rings. The largest absolute Gasteiger partial charge is 0.492 e. The second kappa shape index (κ2) is 6.33. The van der Waals surface area contributed by atoms with Gasteiger partial charge in [0, 0.05) is 19.7 Å². The Morgan fingerprint density at radius 3 is 2.48 bits per heavy atom. The summed E-state index contributed by atoms with van der Waals surface area (Å²) in [5.41, 5.74) is 7.00. The van der Waals surface area contributed by atoms with Crippen LogP contribution >= 0.6 is 0 Å². The quantitative estimate of drug-likeness (QED) is 0.827. The molecule has 1 aliphatic rings. The number of nitrogens with two attached hydrogens (primary N) is 1. The number of amides is 1. The van der Waals surface area contributed by atoms with Crippen LogP contribution in [0.5, 0.6) is 0 Å².